The van der Waals surface area contributed by atoms with Crippen molar-refractivity contribution in [1.82, 2.24) is 0 Å². The van der Waals surface area contributed by atoms with E-state index in [2.05, 4.69) is 0 Å². The highest BCUT2D eigenvalue weighted by atomic mass is 19.2. The van der Waals surface area contributed by atoms with Gasteiger partial charge in [0, 0.05) is 12.6 Å². The van der Waals surface area contributed by atoms with Gasteiger partial charge in [-0.25, -0.2) is 4.39 Å². The Hall–Kier alpha value is -1.20. The van der Waals surface area contributed by atoms with E-state index in [0.29, 0.717) is 0 Å². The molecule has 0 saturated heterocycles. The molecule has 0 bridgehead atoms. The van der Waals surface area contributed by atoms with Gasteiger partial charge in [-0.15, -0.1) is 0 Å². The topological polar surface area (TPSA) is 72.3 Å². The average molecular weight is 188 g/mol. The van der Waals surface area contributed by atoms with Crippen molar-refractivity contribution in [2.45, 2.75) is 6.04 Å². The molecule has 1 aromatic rings. The van der Waals surface area contributed by atoms with Crippen LogP contribution in [-0.2, 0) is 0 Å². The Morgan fingerprint density at radius 3 is 2.46 bits per heavy atom. The van der Waals surface area contributed by atoms with Crippen LogP contribution in [0.5, 0.6) is 5.75 Å². The zero-order valence-corrected chi connectivity index (χ0v) is 6.80. The van der Waals surface area contributed by atoms with Crippen molar-refractivity contribution >= 4 is 0 Å². The number of rotatable bonds is 2. The average Bonchev–Trinajstić information content (AvgIpc) is 2.12. The minimum Gasteiger partial charge on any atom is -0.505 e. The van der Waals surface area contributed by atoms with Gasteiger partial charge in [0.25, 0.3) is 0 Å². The molecular weight excluding hydrogens is 178 g/mol. The summed E-state index contributed by atoms with van der Waals surface area (Å²) in [5.74, 6) is -3.15. The molecule has 3 nitrogen and oxygen atoms in total. The third-order valence-corrected chi connectivity index (χ3v) is 1.71. The molecule has 1 rings (SSSR count). The highest BCUT2D eigenvalue weighted by Gasteiger charge is 2.12. The van der Waals surface area contributed by atoms with E-state index in [1.807, 2.05) is 0 Å². The van der Waals surface area contributed by atoms with Crippen molar-refractivity contribution in [3.8, 4) is 5.75 Å². The van der Waals surface area contributed by atoms with E-state index >= 15 is 0 Å². The van der Waals surface area contributed by atoms with Gasteiger partial charge in [-0.05, 0) is 17.7 Å². The van der Waals surface area contributed by atoms with Gasteiger partial charge in [0.2, 0.25) is 0 Å². The molecule has 13 heavy (non-hydrogen) atoms. The van der Waals surface area contributed by atoms with Crippen LogP contribution in [0.4, 0.5) is 8.78 Å². The SMILES string of the molecule is NC[C@H](N)c1cc(O)c(F)c(F)c1. The zero-order valence-electron chi connectivity index (χ0n) is 6.80. The van der Waals surface area contributed by atoms with E-state index in [0.717, 1.165) is 12.1 Å². The third-order valence-electron chi connectivity index (χ3n) is 1.71. The van der Waals surface area contributed by atoms with Gasteiger partial charge < -0.3 is 16.6 Å². The molecule has 0 amide bonds. The van der Waals surface area contributed by atoms with Crippen LogP contribution in [0.25, 0.3) is 0 Å². The van der Waals surface area contributed by atoms with Crippen LogP contribution in [0, 0.1) is 11.6 Å². The summed E-state index contributed by atoms with van der Waals surface area (Å²) in [5, 5.41) is 8.91. The summed E-state index contributed by atoms with van der Waals surface area (Å²) in [6.07, 6.45) is 0. The molecule has 72 valence electrons. The molecule has 0 aromatic heterocycles. The minimum atomic E-state index is -1.27. The number of hydrogen-bond donors (Lipinski definition) is 3. The quantitative estimate of drug-likeness (QED) is 0.637. The van der Waals surface area contributed by atoms with E-state index in [-0.39, 0.29) is 12.1 Å². The maximum Gasteiger partial charge on any atom is 0.200 e. The molecule has 0 radical (unpaired) electrons. The molecule has 1 atom stereocenters. The van der Waals surface area contributed by atoms with E-state index < -0.39 is 23.4 Å². The fourth-order valence-electron chi connectivity index (χ4n) is 0.945. The smallest absolute Gasteiger partial charge is 0.200 e. The molecule has 0 spiro atoms. The van der Waals surface area contributed by atoms with Gasteiger partial charge in [-0.1, -0.05) is 0 Å². The van der Waals surface area contributed by atoms with Gasteiger partial charge >= 0.3 is 0 Å². The lowest BCUT2D eigenvalue weighted by Gasteiger charge is -2.09. The molecule has 0 unspecified atom stereocenters. The number of aromatic hydroxyl groups is 1. The minimum absolute atomic E-state index is 0.102. The van der Waals surface area contributed by atoms with Gasteiger partial charge in [0.1, 0.15) is 0 Å². The first kappa shape index (κ1) is 9.88. The Balaban J connectivity index is 3.13. The Morgan fingerprint density at radius 1 is 1.38 bits per heavy atom. The molecule has 0 heterocycles. The maximum atomic E-state index is 12.7. The summed E-state index contributed by atoms with van der Waals surface area (Å²) in [6.45, 7) is 0.102. The lowest BCUT2D eigenvalue weighted by atomic mass is 10.1. The predicted molar refractivity (Wildman–Crippen MR) is 44.0 cm³/mol. The predicted octanol–water partition coefficient (Wildman–Crippen LogP) is 0.629. The van der Waals surface area contributed by atoms with Crippen LogP contribution < -0.4 is 11.5 Å². The number of benzene rings is 1. The Labute approximate surface area is 74.0 Å². The number of nitrogens with two attached hydrogens (primary N) is 2. The van der Waals surface area contributed by atoms with Crippen molar-refractivity contribution in [3.05, 3.63) is 29.3 Å². The standard InChI is InChI=1S/C8H10F2N2O/c9-5-1-4(6(12)3-11)2-7(13)8(5)10/h1-2,6,13H,3,11-12H2/t6-/m0/s1. The highest BCUT2D eigenvalue weighted by molar-refractivity contribution is 5.32. The summed E-state index contributed by atoms with van der Waals surface area (Å²) >= 11 is 0. The van der Waals surface area contributed by atoms with Gasteiger partial charge in [-0.2, -0.15) is 4.39 Å². The van der Waals surface area contributed by atoms with Crippen LogP contribution in [0.2, 0.25) is 0 Å². The van der Waals surface area contributed by atoms with E-state index in [4.69, 9.17) is 16.6 Å². The highest BCUT2D eigenvalue weighted by Crippen LogP contribution is 2.23. The monoisotopic (exact) mass is 188 g/mol. The first-order valence-electron chi connectivity index (χ1n) is 3.69. The van der Waals surface area contributed by atoms with Crippen LogP contribution in [0.15, 0.2) is 12.1 Å². The van der Waals surface area contributed by atoms with E-state index in [1.165, 1.54) is 0 Å². The van der Waals surface area contributed by atoms with Crippen molar-refractivity contribution in [3.63, 3.8) is 0 Å². The van der Waals surface area contributed by atoms with Crippen LogP contribution in [-0.4, -0.2) is 11.7 Å². The fraction of sp³-hybridized carbons (Fsp3) is 0.250. The normalized spacial score (nSPS) is 12.9. The Kier molecular flexibility index (Phi) is 2.79. The summed E-state index contributed by atoms with van der Waals surface area (Å²) in [7, 11) is 0. The summed E-state index contributed by atoms with van der Waals surface area (Å²) in [5.41, 5.74) is 11.0. The second-order valence-corrected chi connectivity index (χ2v) is 2.68. The van der Waals surface area contributed by atoms with Crippen LogP contribution in [0.3, 0.4) is 0 Å². The van der Waals surface area contributed by atoms with Crippen LogP contribution >= 0.6 is 0 Å². The van der Waals surface area contributed by atoms with E-state index in [1.54, 1.807) is 0 Å². The first-order valence-corrected chi connectivity index (χ1v) is 3.69. The van der Waals surface area contributed by atoms with Crippen molar-refractivity contribution in [1.29, 1.82) is 0 Å². The van der Waals surface area contributed by atoms with Gasteiger partial charge in [0.05, 0.1) is 0 Å². The summed E-state index contributed by atoms with van der Waals surface area (Å²) in [4.78, 5) is 0. The molecule has 0 aliphatic carbocycles. The number of phenols is 1. The second-order valence-electron chi connectivity index (χ2n) is 2.68. The van der Waals surface area contributed by atoms with Gasteiger partial charge in [-0.3, -0.25) is 0 Å². The Morgan fingerprint density at radius 2 is 2.00 bits per heavy atom. The summed E-state index contributed by atoms with van der Waals surface area (Å²) in [6, 6.07) is 1.39. The molecule has 0 saturated carbocycles. The van der Waals surface area contributed by atoms with E-state index in [9.17, 15) is 8.78 Å². The molecule has 5 heteroatoms. The van der Waals surface area contributed by atoms with Gasteiger partial charge in [0.15, 0.2) is 17.4 Å². The zero-order chi connectivity index (χ0) is 10.0. The number of phenolic OH excluding ortho intramolecular Hbond substituents is 1. The lowest BCUT2D eigenvalue weighted by molar-refractivity contribution is 0.405. The van der Waals surface area contributed by atoms with Crippen molar-refractivity contribution in [2.75, 3.05) is 6.54 Å². The Bertz CT molecular complexity index is 294. The molecule has 0 fully saturated rings. The largest absolute Gasteiger partial charge is 0.505 e. The lowest BCUT2D eigenvalue weighted by Crippen LogP contribution is -2.20. The molecule has 1 aromatic carbocycles. The summed E-state index contributed by atoms with van der Waals surface area (Å²) < 4.78 is 25.3. The van der Waals surface area contributed by atoms with Crippen molar-refractivity contribution in [2.24, 2.45) is 11.5 Å². The number of hydrogen-bond acceptors (Lipinski definition) is 3. The van der Waals surface area contributed by atoms with Crippen molar-refractivity contribution < 1.29 is 13.9 Å². The number of halogens is 2. The molecule has 5 N–H and O–H groups in total. The third kappa shape index (κ3) is 1.93. The maximum absolute atomic E-state index is 12.7. The fourth-order valence-corrected chi connectivity index (χ4v) is 0.945. The first-order chi connectivity index (χ1) is 6.06. The molecule has 0 aliphatic heterocycles. The second kappa shape index (κ2) is 3.68. The molecule has 0 aliphatic rings. The molecular formula is C8H10F2N2O. The van der Waals surface area contributed by atoms with Crippen LogP contribution in [0.1, 0.15) is 11.6 Å².